The fourth-order valence-corrected chi connectivity index (χ4v) is 8.05. The number of carbonyl (C=O) groups excluding carboxylic acids is 2. The van der Waals surface area contributed by atoms with Crippen LogP contribution in [-0.4, -0.2) is 51.6 Å². The van der Waals surface area contributed by atoms with Crippen LogP contribution in [0.1, 0.15) is 102 Å². The molecule has 0 radical (unpaired) electrons. The summed E-state index contributed by atoms with van der Waals surface area (Å²) in [6.45, 7) is 1.98. The molecule has 4 aromatic carbocycles. The van der Waals surface area contributed by atoms with Gasteiger partial charge in [0.2, 0.25) is 10.0 Å². The summed E-state index contributed by atoms with van der Waals surface area (Å²) in [4.78, 5) is 27.9. The number of hydrogen-bond donors (Lipinski definition) is 1. The molecule has 0 saturated heterocycles. The number of benzene rings is 4. The van der Waals surface area contributed by atoms with Gasteiger partial charge in [-0.05, 0) is 96.4 Å². The highest BCUT2D eigenvalue weighted by molar-refractivity contribution is 7.92. The first-order chi connectivity index (χ1) is 24.4. The number of nitrogens with zero attached hydrogens (tertiary/aromatic N) is 1. The van der Waals surface area contributed by atoms with Crippen molar-refractivity contribution >= 4 is 27.3 Å². The molecule has 270 valence electrons. The number of hydrogen-bond acceptors (Lipinski definition) is 6. The fraction of sp³-hybridized carbons (Fsp3) is 0.395. The zero-order valence-electron chi connectivity index (χ0n) is 30.3. The molecule has 1 saturated carbocycles. The van der Waals surface area contributed by atoms with E-state index in [0.717, 1.165) is 59.5 Å². The Kier molecular flexibility index (Phi) is 12.5. The zero-order chi connectivity index (χ0) is 36.6. The summed E-state index contributed by atoms with van der Waals surface area (Å²) in [6, 6.07) is 32.5. The number of carbonyl (C=O) groups is 2. The third kappa shape index (κ3) is 9.75. The van der Waals surface area contributed by atoms with E-state index in [0.29, 0.717) is 12.8 Å². The topological polar surface area (TPSA) is 101 Å². The average Bonchev–Trinajstić information content (AvgIpc) is 3.63. The maximum Gasteiger partial charge on any atom is 0.231 e. The second-order valence-electron chi connectivity index (χ2n) is 14.3. The van der Waals surface area contributed by atoms with Gasteiger partial charge in [0.25, 0.3) is 0 Å². The largest absolute Gasteiger partial charge is 0.497 e. The lowest BCUT2D eigenvalue weighted by atomic mass is 9.73. The first-order valence-electron chi connectivity index (χ1n) is 18.0. The van der Waals surface area contributed by atoms with E-state index < -0.39 is 22.0 Å². The Morgan fingerprint density at radius 2 is 1.45 bits per heavy atom. The highest BCUT2D eigenvalue weighted by Gasteiger charge is 2.37. The number of methoxy groups -OCH3 is 1. The van der Waals surface area contributed by atoms with Crippen molar-refractivity contribution < 1.29 is 27.9 Å². The number of ether oxygens (including phenoxy) is 1. The number of anilines is 1. The Labute approximate surface area is 303 Å². The van der Waals surface area contributed by atoms with Gasteiger partial charge in [-0.2, -0.15) is 0 Å². The SMILES string of the molecule is COc1cccc(C2(CC[C@@H](O)[C@@H](CC(=O)c3cc(C(=O)C[C@H](C)c4ccccc4)cc(N(C)S(C)(=O)=O)c3)Cc3ccccc3)CCCC2)c1. The van der Waals surface area contributed by atoms with Crippen LogP contribution in [-0.2, 0) is 21.9 Å². The molecule has 0 amide bonds. The molecule has 1 N–H and O–H groups in total. The summed E-state index contributed by atoms with van der Waals surface area (Å²) in [5, 5.41) is 11.9. The number of aliphatic hydroxyl groups excluding tert-OH is 1. The smallest absolute Gasteiger partial charge is 0.231 e. The van der Waals surface area contributed by atoms with Gasteiger partial charge in [-0.3, -0.25) is 13.9 Å². The minimum Gasteiger partial charge on any atom is -0.497 e. The van der Waals surface area contributed by atoms with Crippen LogP contribution in [0.4, 0.5) is 5.69 Å². The maximum atomic E-state index is 14.2. The first-order valence-corrected chi connectivity index (χ1v) is 19.8. The van der Waals surface area contributed by atoms with Gasteiger partial charge in [0.1, 0.15) is 5.75 Å². The predicted octanol–water partition coefficient (Wildman–Crippen LogP) is 8.55. The lowest BCUT2D eigenvalue weighted by Gasteiger charge is -2.32. The highest BCUT2D eigenvalue weighted by Crippen LogP contribution is 2.46. The van der Waals surface area contributed by atoms with Crippen molar-refractivity contribution in [2.45, 2.75) is 82.1 Å². The van der Waals surface area contributed by atoms with Crippen molar-refractivity contribution in [2.24, 2.45) is 5.92 Å². The molecule has 1 aliphatic rings. The third-order valence-corrected chi connectivity index (χ3v) is 12.0. The number of Topliss-reactive ketones (excluding diaryl/α,β-unsaturated/α-hetero) is 2. The van der Waals surface area contributed by atoms with E-state index >= 15 is 0 Å². The molecule has 51 heavy (non-hydrogen) atoms. The van der Waals surface area contributed by atoms with E-state index in [-0.39, 0.29) is 52.6 Å². The minimum atomic E-state index is -3.67. The Balaban J connectivity index is 1.42. The van der Waals surface area contributed by atoms with Crippen LogP contribution < -0.4 is 9.04 Å². The van der Waals surface area contributed by atoms with Crippen molar-refractivity contribution in [3.63, 3.8) is 0 Å². The van der Waals surface area contributed by atoms with Crippen LogP contribution in [0.25, 0.3) is 0 Å². The van der Waals surface area contributed by atoms with Crippen LogP contribution in [0.15, 0.2) is 103 Å². The van der Waals surface area contributed by atoms with Gasteiger partial charge in [-0.25, -0.2) is 8.42 Å². The van der Waals surface area contributed by atoms with Crippen molar-refractivity contribution in [1.29, 1.82) is 0 Å². The molecule has 1 aliphatic carbocycles. The normalized spacial score (nSPS) is 15.9. The molecule has 0 aromatic heterocycles. The van der Waals surface area contributed by atoms with Gasteiger partial charge in [-0.15, -0.1) is 0 Å². The Bertz CT molecular complexity index is 1890. The van der Waals surface area contributed by atoms with Gasteiger partial charge in [0, 0.05) is 31.0 Å². The minimum absolute atomic E-state index is 0.0440. The van der Waals surface area contributed by atoms with Crippen molar-refractivity contribution in [2.75, 3.05) is 24.7 Å². The summed E-state index contributed by atoms with van der Waals surface area (Å²) in [5.74, 6) is -0.0587. The van der Waals surface area contributed by atoms with Crippen LogP contribution in [0.2, 0.25) is 0 Å². The summed E-state index contributed by atoms with van der Waals surface area (Å²) in [5.41, 5.74) is 4.01. The predicted molar refractivity (Wildman–Crippen MR) is 204 cm³/mol. The molecule has 0 heterocycles. The quantitative estimate of drug-likeness (QED) is 0.110. The molecule has 4 aromatic rings. The molecule has 8 heteroatoms. The van der Waals surface area contributed by atoms with Crippen LogP contribution in [0.3, 0.4) is 0 Å². The molecule has 0 spiro atoms. The molecule has 7 nitrogen and oxygen atoms in total. The van der Waals surface area contributed by atoms with E-state index in [1.807, 2.05) is 79.7 Å². The van der Waals surface area contributed by atoms with E-state index in [1.165, 1.54) is 12.6 Å². The lowest BCUT2D eigenvalue weighted by Crippen LogP contribution is -2.30. The zero-order valence-corrected chi connectivity index (χ0v) is 31.1. The molecular formula is C43H51NO6S. The van der Waals surface area contributed by atoms with Gasteiger partial charge in [0.05, 0.1) is 25.2 Å². The van der Waals surface area contributed by atoms with Crippen LogP contribution >= 0.6 is 0 Å². The first kappa shape index (κ1) is 38.0. The number of rotatable bonds is 17. The van der Waals surface area contributed by atoms with E-state index in [2.05, 4.69) is 12.1 Å². The van der Waals surface area contributed by atoms with Gasteiger partial charge in [0.15, 0.2) is 11.6 Å². The van der Waals surface area contributed by atoms with Gasteiger partial charge >= 0.3 is 0 Å². The molecule has 5 rings (SSSR count). The molecular weight excluding hydrogens is 659 g/mol. The van der Waals surface area contributed by atoms with Gasteiger partial charge < -0.3 is 9.84 Å². The third-order valence-electron chi connectivity index (χ3n) is 10.8. The summed E-state index contributed by atoms with van der Waals surface area (Å²) < 4.78 is 31.8. The lowest BCUT2D eigenvalue weighted by molar-refractivity contribution is 0.0710. The van der Waals surface area contributed by atoms with E-state index in [9.17, 15) is 23.1 Å². The molecule has 0 aliphatic heterocycles. The van der Waals surface area contributed by atoms with Crippen molar-refractivity contribution in [3.8, 4) is 5.75 Å². The summed E-state index contributed by atoms with van der Waals surface area (Å²) in [6.07, 6.45) is 6.73. The average molecular weight is 710 g/mol. The Morgan fingerprint density at radius 3 is 2.06 bits per heavy atom. The number of aliphatic hydroxyl groups is 1. The van der Waals surface area contributed by atoms with Gasteiger partial charge in [-0.1, -0.05) is 92.6 Å². The van der Waals surface area contributed by atoms with Crippen LogP contribution in [0, 0.1) is 5.92 Å². The molecule has 0 bridgehead atoms. The summed E-state index contributed by atoms with van der Waals surface area (Å²) >= 11 is 0. The molecule has 3 atom stereocenters. The second-order valence-corrected chi connectivity index (χ2v) is 16.4. The highest BCUT2D eigenvalue weighted by atomic mass is 32.2. The number of ketones is 2. The summed E-state index contributed by atoms with van der Waals surface area (Å²) in [7, 11) is -0.575. The monoisotopic (exact) mass is 709 g/mol. The fourth-order valence-electron chi connectivity index (χ4n) is 7.57. The Morgan fingerprint density at radius 1 is 0.843 bits per heavy atom. The molecule has 0 unspecified atom stereocenters. The second kappa shape index (κ2) is 16.8. The van der Waals surface area contributed by atoms with Crippen molar-refractivity contribution in [1.82, 2.24) is 0 Å². The van der Waals surface area contributed by atoms with Crippen LogP contribution in [0.5, 0.6) is 5.75 Å². The molecule has 1 fully saturated rings. The Hall–Kier alpha value is -4.27. The van der Waals surface area contributed by atoms with E-state index in [1.54, 1.807) is 25.3 Å². The van der Waals surface area contributed by atoms with E-state index in [4.69, 9.17) is 4.74 Å². The maximum absolute atomic E-state index is 14.2. The standard InChI is InChI=1S/C43H51NO6S/c1-31(33-16-9-6-10-17-33)24-41(46)35-26-36(28-38(27-35)44(2)51(4,48)49)42(47)29-34(25-32-14-7-5-8-15-32)40(45)20-23-43(21-11-12-22-43)37-18-13-19-39(30-37)50-3/h5-10,13-19,26-28,30-31,34,40,45H,11-12,20-25,29H2,1-4H3/t31-,34+,40+/m0/s1. The van der Waals surface area contributed by atoms with Crippen molar-refractivity contribution in [3.05, 3.63) is 131 Å². The number of sulfonamides is 1.